The van der Waals surface area contributed by atoms with Gasteiger partial charge in [0.1, 0.15) is 0 Å². The highest BCUT2D eigenvalue weighted by Gasteiger charge is 2.22. The molecule has 0 radical (unpaired) electrons. The Labute approximate surface area is 95.4 Å². The minimum absolute atomic E-state index is 0.183. The molecule has 0 unspecified atom stereocenters. The minimum atomic E-state index is -4.06. The lowest BCUT2D eigenvalue weighted by Gasteiger charge is -2.03. The van der Waals surface area contributed by atoms with E-state index in [2.05, 4.69) is 0 Å². The zero-order valence-electron chi connectivity index (χ0n) is 8.01. The Balaban J connectivity index is 3.64. The first kappa shape index (κ1) is 12.6. The van der Waals surface area contributed by atoms with Crippen LogP contribution < -0.4 is 0 Å². The Hall–Kier alpha value is -1.47. The highest BCUT2D eigenvalue weighted by atomic mass is 35.7. The van der Waals surface area contributed by atoms with E-state index in [-0.39, 0.29) is 22.3 Å². The molecule has 1 aromatic rings. The maximum atomic E-state index is 11.1. The van der Waals surface area contributed by atoms with Gasteiger partial charge in [-0.1, -0.05) is 0 Å². The van der Waals surface area contributed by atoms with Crippen LogP contribution in [-0.2, 0) is 9.05 Å². The van der Waals surface area contributed by atoms with Gasteiger partial charge in [0, 0.05) is 16.7 Å². The largest absolute Gasteiger partial charge is 0.298 e. The lowest BCUT2D eigenvalue weighted by atomic mass is 10.1. The van der Waals surface area contributed by atoms with Crippen molar-refractivity contribution in [2.75, 3.05) is 0 Å². The third kappa shape index (κ3) is 2.37. The smallest absolute Gasteiger partial charge is 0.281 e. The summed E-state index contributed by atoms with van der Waals surface area (Å²) in [5, 5.41) is 10.6. The van der Waals surface area contributed by atoms with Gasteiger partial charge < -0.3 is 0 Å². The number of benzene rings is 1. The standard InChI is InChI=1S/C8H6ClNO5S/c1-5-2-6(4-11)7(10(12)13)3-8(5)16(9,14)15/h2-4H,1H3. The average molecular weight is 264 g/mol. The van der Waals surface area contributed by atoms with Gasteiger partial charge in [0.05, 0.1) is 15.4 Å². The van der Waals surface area contributed by atoms with E-state index in [1.807, 2.05) is 0 Å². The molecule has 0 fully saturated rings. The Kier molecular flexibility index (Phi) is 3.30. The summed E-state index contributed by atoms with van der Waals surface area (Å²) in [4.78, 5) is 19.9. The van der Waals surface area contributed by atoms with E-state index in [1.54, 1.807) is 0 Å². The molecular weight excluding hydrogens is 258 g/mol. The number of rotatable bonds is 3. The molecule has 0 aliphatic rings. The fraction of sp³-hybridized carbons (Fsp3) is 0.125. The normalized spacial score (nSPS) is 11.1. The van der Waals surface area contributed by atoms with Crippen LogP contribution in [0.4, 0.5) is 5.69 Å². The van der Waals surface area contributed by atoms with Gasteiger partial charge in [-0.15, -0.1) is 0 Å². The summed E-state index contributed by atoms with van der Waals surface area (Å²) in [6.07, 6.45) is 0.287. The Morgan fingerprint density at radius 3 is 2.38 bits per heavy atom. The molecule has 0 aliphatic carbocycles. The molecule has 86 valence electrons. The summed E-state index contributed by atoms with van der Waals surface area (Å²) in [6.45, 7) is 1.39. The van der Waals surface area contributed by atoms with E-state index >= 15 is 0 Å². The Morgan fingerprint density at radius 1 is 1.44 bits per heavy atom. The predicted octanol–water partition coefficient (Wildman–Crippen LogP) is 1.64. The molecule has 16 heavy (non-hydrogen) atoms. The minimum Gasteiger partial charge on any atom is -0.298 e. The molecule has 0 saturated heterocycles. The van der Waals surface area contributed by atoms with Crippen LogP contribution in [0, 0.1) is 17.0 Å². The fourth-order valence-electron chi connectivity index (χ4n) is 1.21. The molecule has 0 spiro atoms. The lowest BCUT2D eigenvalue weighted by molar-refractivity contribution is -0.385. The number of carbonyl (C=O) groups excluding carboxylic acids is 1. The molecule has 0 N–H and O–H groups in total. The van der Waals surface area contributed by atoms with Gasteiger partial charge in [-0.3, -0.25) is 14.9 Å². The van der Waals surface area contributed by atoms with E-state index < -0.39 is 19.7 Å². The third-order valence-corrected chi connectivity index (χ3v) is 3.37. The second kappa shape index (κ2) is 4.18. The van der Waals surface area contributed by atoms with Crippen molar-refractivity contribution in [1.82, 2.24) is 0 Å². The van der Waals surface area contributed by atoms with Crippen molar-refractivity contribution in [3.8, 4) is 0 Å². The van der Waals surface area contributed by atoms with Crippen LogP contribution >= 0.6 is 10.7 Å². The van der Waals surface area contributed by atoms with E-state index in [0.29, 0.717) is 0 Å². The zero-order chi connectivity index (χ0) is 12.5. The molecule has 0 bridgehead atoms. The number of hydrogen-bond donors (Lipinski definition) is 0. The molecule has 8 heteroatoms. The van der Waals surface area contributed by atoms with Gasteiger partial charge in [0.15, 0.2) is 6.29 Å². The topological polar surface area (TPSA) is 94.3 Å². The van der Waals surface area contributed by atoms with Crippen LogP contribution in [0.1, 0.15) is 15.9 Å². The van der Waals surface area contributed by atoms with Gasteiger partial charge >= 0.3 is 0 Å². The van der Waals surface area contributed by atoms with Gasteiger partial charge in [0.25, 0.3) is 14.7 Å². The SMILES string of the molecule is Cc1cc(C=O)c([N+](=O)[O-])cc1S(=O)(=O)Cl. The van der Waals surface area contributed by atoms with E-state index in [9.17, 15) is 23.3 Å². The molecule has 6 nitrogen and oxygen atoms in total. The first-order valence-electron chi connectivity index (χ1n) is 3.96. The van der Waals surface area contributed by atoms with E-state index in [1.165, 1.54) is 6.92 Å². The van der Waals surface area contributed by atoms with Crippen molar-refractivity contribution >= 4 is 31.7 Å². The number of nitro groups is 1. The van der Waals surface area contributed by atoms with Crippen LogP contribution in [0.15, 0.2) is 17.0 Å². The van der Waals surface area contributed by atoms with Crippen molar-refractivity contribution in [1.29, 1.82) is 0 Å². The first-order chi connectivity index (χ1) is 7.27. The fourth-order valence-corrected chi connectivity index (χ4v) is 2.41. The molecule has 1 aromatic carbocycles. The average Bonchev–Trinajstić information content (AvgIpc) is 2.14. The second-order valence-corrected chi connectivity index (χ2v) is 5.52. The molecular formula is C8H6ClNO5S. The number of aryl methyl sites for hydroxylation is 1. The lowest BCUT2D eigenvalue weighted by Crippen LogP contribution is -2.01. The predicted molar refractivity (Wildman–Crippen MR) is 56.3 cm³/mol. The summed E-state index contributed by atoms with van der Waals surface area (Å²) >= 11 is 0. The maximum Gasteiger partial charge on any atom is 0.281 e. The first-order valence-corrected chi connectivity index (χ1v) is 6.27. The number of carbonyl (C=O) groups is 1. The highest BCUT2D eigenvalue weighted by Crippen LogP contribution is 2.27. The quantitative estimate of drug-likeness (QED) is 0.358. The van der Waals surface area contributed by atoms with Gasteiger partial charge in [-0.25, -0.2) is 8.42 Å². The summed E-state index contributed by atoms with van der Waals surface area (Å²) in [5.41, 5.74) is -0.589. The number of aldehydes is 1. The molecule has 0 aliphatic heterocycles. The number of nitrogens with zero attached hydrogens (tertiary/aromatic N) is 1. The second-order valence-electron chi connectivity index (χ2n) is 2.99. The maximum absolute atomic E-state index is 11.1. The number of hydrogen-bond acceptors (Lipinski definition) is 5. The zero-order valence-corrected chi connectivity index (χ0v) is 9.58. The van der Waals surface area contributed by atoms with E-state index in [4.69, 9.17) is 10.7 Å². The Bertz CT molecular complexity index is 566. The number of nitro benzene ring substituents is 1. The third-order valence-electron chi connectivity index (χ3n) is 1.91. The van der Waals surface area contributed by atoms with Crippen LogP contribution in [0.2, 0.25) is 0 Å². The summed E-state index contributed by atoms with van der Waals surface area (Å²) in [6, 6.07) is 1.89. The van der Waals surface area contributed by atoms with Crippen molar-refractivity contribution in [2.45, 2.75) is 11.8 Å². The molecule has 0 heterocycles. The van der Waals surface area contributed by atoms with Gasteiger partial charge in [-0.2, -0.15) is 0 Å². The highest BCUT2D eigenvalue weighted by molar-refractivity contribution is 8.13. The molecule has 0 saturated carbocycles. The molecule has 0 amide bonds. The summed E-state index contributed by atoms with van der Waals surface area (Å²) < 4.78 is 22.2. The van der Waals surface area contributed by atoms with Crippen LogP contribution in [-0.4, -0.2) is 19.6 Å². The van der Waals surface area contributed by atoms with Crippen molar-refractivity contribution in [3.05, 3.63) is 33.4 Å². The van der Waals surface area contributed by atoms with Gasteiger partial charge in [-0.05, 0) is 18.6 Å². The summed E-state index contributed by atoms with van der Waals surface area (Å²) in [5.74, 6) is 0. The van der Waals surface area contributed by atoms with Crippen LogP contribution in [0.3, 0.4) is 0 Å². The van der Waals surface area contributed by atoms with Crippen LogP contribution in [0.5, 0.6) is 0 Å². The monoisotopic (exact) mass is 263 g/mol. The molecule has 1 rings (SSSR count). The van der Waals surface area contributed by atoms with Crippen molar-refractivity contribution in [2.24, 2.45) is 0 Å². The van der Waals surface area contributed by atoms with Crippen molar-refractivity contribution in [3.63, 3.8) is 0 Å². The number of halogens is 1. The summed E-state index contributed by atoms with van der Waals surface area (Å²) in [7, 11) is 1.03. The van der Waals surface area contributed by atoms with Crippen LogP contribution in [0.25, 0.3) is 0 Å². The van der Waals surface area contributed by atoms with Gasteiger partial charge in [0.2, 0.25) is 0 Å². The Morgan fingerprint density at radius 2 is 2.00 bits per heavy atom. The van der Waals surface area contributed by atoms with Crippen molar-refractivity contribution < 1.29 is 18.1 Å². The van der Waals surface area contributed by atoms with E-state index in [0.717, 1.165) is 12.1 Å². The molecule has 0 atom stereocenters. The molecule has 0 aromatic heterocycles.